The molecule has 0 aliphatic carbocycles. The maximum absolute atomic E-state index is 12.4. The van der Waals surface area contributed by atoms with Crippen LogP contribution in [0.25, 0.3) is 10.8 Å². The number of fused-ring (bicyclic) bond motifs is 1. The Bertz CT molecular complexity index is 1600. The molecular weight excluding hydrogens is 532 g/mol. The molecule has 0 bridgehead atoms. The second kappa shape index (κ2) is 13.2. The minimum atomic E-state index is -2.37. The predicted octanol–water partition coefficient (Wildman–Crippen LogP) is 3.68. The molecule has 1 amide bonds. The SMILES string of the molecule is CNCc1cc(NC(=O)CCCc2ccc(C(Nc3ccc4cc[nH]c(=O)c4c3)C(=O)O)cc2)ccc1S(=O)[O-]. The van der Waals surface area contributed by atoms with E-state index in [2.05, 4.69) is 20.9 Å². The van der Waals surface area contributed by atoms with Crippen molar-refractivity contribution < 1.29 is 23.5 Å². The number of pyridine rings is 1. The summed E-state index contributed by atoms with van der Waals surface area (Å²) in [5.74, 6) is -1.24. The van der Waals surface area contributed by atoms with Crippen LogP contribution >= 0.6 is 0 Å². The molecule has 1 heterocycles. The minimum absolute atomic E-state index is 0.184. The average molecular weight is 562 g/mol. The lowest BCUT2D eigenvalue weighted by atomic mass is 10.0. The fourth-order valence-corrected chi connectivity index (χ4v) is 4.95. The van der Waals surface area contributed by atoms with E-state index in [-0.39, 0.29) is 22.8 Å². The number of nitrogens with one attached hydrogen (secondary N) is 4. The molecule has 0 aliphatic heterocycles. The van der Waals surface area contributed by atoms with Crippen LogP contribution in [0, 0.1) is 0 Å². The van der Waals surface area contributed by atoms with Crippen LogP contribution in [-0.4, -0.2) is 37.8 Å². The highest BCUT2D eigenvalue weighted by molar-refractivity contribution is 7.79. The van der Waals surface area contributed by atoms with Crippen LogP contribution in [0.1, 0.15) is 35.6 Å². The number of carboxylic acids is 1. The molecule has 5 N–H and O–H groups in total. The van der Waals surface area contributed by atoms with E-state index in [1.165, 1.54) is 6.07 Å². The fourth-order valence-electron chi connectivity index (χ4n) is 4.43. The monoisotopic (exact) mass is 561 g/mol. The first-order valence-corrected chi connectivity index (χ1v) is 13.7. The van der Waals surface area contributed by atoms with Crippen LogP contribution in [0.4, 0.5) is 11.4 Å². The first kappa shape index (κ1) is 28.7. The van der Waals surface area contributed by atoms with Crippen molar-refractivity contribution in [3.63, 3.8) is 0 Å². The summed E-state index contributed by atoms with van der Waals surface area (Å²) in [7, 11) is 1.71. The maximum Gasteiger partial charge on any atom is 0.330 e. The molecule has 0 fully saturated rings. The van der Waals surface area contributed by atoms with Crippen molar-refractivity contribution in [3.05, 3.63) is 100.0 Å². The van der Waals surface area contributed by atoms with E-state index in [1.54, 1.807) is 61.8 Å². The Hall–Kier alpha value is -4.32. The molecular formula is C29H29N4O6S-. The second-order valence-electron chi connectivity index (χ2n) is 9.26. The van der Waals surface area contributed by atoms with Gasteiger partial charge in [-0.1, -0.05) is 30.3 Å². The van der Waals surface area contributed by atoms with E-state index >= 15 is 0 Å². The summed E-state index contributed by atoms with van der Waals surface area (Å²) in [5, 5.41) is 19.8. The molecule has 208 valence electrons. The first-order chi connectivity index (χ1) is 19.2. The number of carbonyl (C=O) groups excluding carboxylic acids is 1. The smallest absolute Gasteiger partial charge is 0.330 e. The zero-order valence-electron chi connectivity index (χ0n) is 21.7. The van der Waals surface area contributed by atoms with Crippen LogP contribution in [0.2, 0.25) is 0 Å². The van der Waals surface area contributed by atoms with Crippen molar-refractivity contribution in [3.8, 4) is 0 Å². The lowest BCUT2D eigenvalue weighted by Crippen LogP contribution is -2.20. The van der Waals surface area contributed by atoms with E-state index in [0.29, 0.717) is 47.3 Å². The number of anilines is 2. The van der Waals surface area contributed by atoms with Crippen molar-refractivity contribution in [2.75, 3.05) is 17.7 Å². The first-order valence-electron chi connectivity index (χ1n) is 12.6. The zero-order valence-corrected chi connectivity index (χ0v) is 22.5. The normalized spacial score (nSPS) is 12.6. The molecule has 4 rings (SSSR count). The fraction of sp³-hybridized carbons (Fsp3) is 0.207. The van der Waals surface area contributed by atoms with E-state index in [4.69, 9.17) is 0 Å². The summed E-state index contributed by atoms with van der Waals surface area (Å²) >= 11 is -2.37. The van der Waals surface area contributed by atoms with Gasteiger partial charge in [-0.15, -0.1) is 0 Å². The largest absolute Gasteiger partial charge is 0.768 e. The van der Waals surface area contributed by atoms with Crippen LogP contribution in [0.15, 0.2) is 82.6 Å². The van der Waals surface area contributed by atoms with Crippen LogP contribution in [0.5, 0.6) is 0 Å². The number of amides is 1. The highest BCUT2D eigenvalue weighted by Crippen LogP contribution is 2.24. The Morgan fingerprint density at radius 3 is 2.48 bits per heavy atom. The number of aliphatic carboxylic acids is 1. The third-order valence-corrected chi connectivity index (χ3v) is 7.16. The number of hydrogen-bond acceptors (Lipinski definition) is 7. The standard InChI is InChI=1S/C29H30N4O6S/c1-30-17-21-15-22(11-12-25(21)40(38)39)32-26(34)4-2-3-18-5-7-20(8-6-18)27(29(36)37)33-23-10-9-19-13-14-31-28(35)24(19)16-23/h5-16,27,30,33H,2-4,17H2,1H3,(H,31,35)(H,32,34)(H,36,37)(H,38,39)/p-1. The molecule has 40 heavy (non-hydrogen) atoms. The number of benzene rings is 3. The number of hydrogen-bond donors (Lipinski definition) is 5. The summed E-state index contributed by atoms with van der Waals surface area (Å²) < 4.78 is 22.8. The third-order valence-electron chi connectivity index (χ3n) is 6.41. The lowest BCUT2D eigenvalue weighted by molar-refractivity contribution is -0.138. The Balaban J connectivity index is 1.34. The molecule has 0 saturated carbocycles. The van der Waals surface area contributed by atoms with Crippen molar-refractivity contribution in [1.29, 1.82) is 0 Å². The molecule has 1 aromatic heterocycles. The number of rotatable bonds is 12. The van der Waals surface area contributed by atoms with Gasteiger partial charge in [-0.05, 0) is 89.4 Å². The molecule has 2 atom stereocenters. The number of H-pyrrole nitrogens is 1. The summed E-state index contributed by atoms with van der Waals surface area (Å²) in [4.78, 5) is 39.4. The molecule has 0 radical (unpaired) electrons. The highest BCUT2D eigenvalue weighted by Gasteiger charge is 2.20. The molecule has 4 aromatic rings. The third kappa shape index (κ3) is 7.20. The van der Waals surface area contributed by atoms with Gasteiger partial charge in [0.25, 0.3) is 5.56 Å². The topological polar surface area (TPSA) is 163 Å². The van der Waals surface area contributed by atoms with Gasteiger partial charge in [0.1, 0.15) is 0 Å². The van der Waals surface area contributed by atoms with Crippen molar-refractivity contribution in [1.82, 2.24) is 10.3 Å². The van der Waals surface area contributed by atoms with Gasteiger partial charge in [-0.3, -0.25) is 13.8 Å². The van der Waals surface area contributed by atoms with E-state index in [1.807, 2.05) is 12.1 Å². The summed E-state index contributed by atoms with van der Waals surface area (Å²) in [6.07, 6.45) is 3.01. The Labute approximate surface area is 233 Å². The molecule has 10 nitrogen and oxygen atoms in total. The summed E-state index contributed by atoms with van der Waals surface area (Å²) in [6, 6.07) is 17.7. The number of carboxylic acid groups (broad SMARTS) is 1. The van der Waals surface area contributed by atoms with E-state index < -0.39 is 23.1 Å². The predicted molar refractivity (Wildman–Crippen MR) is 153 cm³/mol. The minimum Gasteiger partial charge on any atom is -0.768 e. The van der Waals surface area contributed by atoms with Gasteiger partial charge in [0.2, 0.25) is 5.91 Å². The van der Waals surface area contributed by atoms with Gasteiger partial charge in [0.15, 0.2) is 6.04 Å². The number of aryl methyl sites for hydroxylation is 1. The number of aromatic amines is 1. The van der Waals surface area contributed by atoms with Crippen LogP contribution in [0.3, 0.4) is 0 Å². The molecule has 11 heteroatoms. The number of carbonyl (C=O) groups is 2. The lowest BCUT2D eigenvalue weighted by Gasteiger charge is -2.17. The van der Waals surface area contributed by atoms with Crippen LogP contribution in [-0.2, 0) is 33.6 Å². The molecule has 3 aromatic carbocycles. The van der Waals surface area contributed by atoms with Gasteiger partial charge < -0.3 is 30.6 Å². The summed E-state index contributed by atoms with van der Waals surface area (Å²) in [6.45, 7) is 0.351. The molecule has 0 aliphatic rings. The van der Waals surface area contributed by atoms with Crippen molar-refractivity contribution >= 4 is 45.1 Å². The van der Waals surface area contributed by atoms with Gasteiger partial charge in [0.05, 0.1) is 0 Å². The zero-order chi connectivity index (χ0) is 28.6. The Morgan fingerprint density at radius 2 is 1.77 bits per heavy atom. The van der Waals surface area contributed by atoms with Gasteiger partial charge in [-0.25, -0.2) is 4.79 Å². The maximum atomic E-state index is 12.4. The summed E-state index contributed by atoms with van der Waals surface area (Å²) in [5.41, 5.74) is 2.86. The average Bonchev–Trinajstić information content (AvgIpc) is 2.92. The van der Waals surface area contributed by atoms with E-state index in [9.17, 15) is 28.3 Å². The van der Waals surface area contributed by atoms with Crippen LogP contribution < -0.4 is 21.5 Å². The molecule has 0 spiro atoms. The Morgan fingerprint density at radius 1 is 1.02 bits per heavy atom. The number of aromatic nitrogens is 1. The van der Waals surface area contributed by atoms with Crippen molar-refractivity contribution in [2.24, 2.45) is 0 Å². The quantitative estimate of drug-likeness (QED) is 0.164. The second-order valence-corrected chi connectivity index (χ2v) is 10.2. The van der Waals surface area contributed by atoms with Gasteiger partial charge in [0, 0.05) is 40.8 Å². The highest BCUT2D eigenvalue weighted by atomic mass is 32.2. The van der Waals surface area contributed by atoms with Crippen molar-refractivity contribution in [2.45, 2.75) is 36.7 Å². The molecule has 2 unspecified atom stereocenters. The van der Waals surface area contributed by atoms with E-state index in [0.717, 1.165) is 10.9 Å². The molecule has 0 saturated heterocycles. The Kier molecular flexibility index (Phi) is 9.43. The van der Waals surface area contributed by atoms with Gasteiger partial charge >= 0.3 is 5.97 Å². The van der Waals surface area contributed by atoms with Gasteiger partial charge in [-0.2, -0.15) is 0 Å².